The van der Waals surface area contributed by atoms with Gasteiger partial charge < -0.3 is 10.1 Å². The topological polar surface area (TPSA) is 21.3 Å². The van der Waals surface area contributed by atoms with E-state index in [1.807, 2.05) is 0 Å². The van der Waals surface area contributed by atoms with Crippen LogP contribution < -0.4 is 5.32 Å². The SMILES string of the molecule is C1COC(CCCC2CCNCC2)C1. The molecular weight excluding hydrogens is 174 g/mol. The Morgan fingerprint density at radius 1 is 1.07 bits per heavy atom. The van der Waals surface area contributed by atoms with Gasteiger partial charge in [0.2, 0.25) is 0 Å². The first-order valence-electron chi connectivity index (χ1n) is 6.27. The van der Waals surface area contributed by atoms with Gasteiger partial charge in [-0.25, -0.2) is 0 Å². The van der Waals surface area contributed by atoms with Gasteiger partial charge in [0.05, 0.1) is 6.10 Å². The lowest BCUT2D eigenvalue weighted by Crippen LogP contribution is -2.27. The third-order valence-electron chi connectivity index (χ3n) is 3.62. The summed E-state index contributed by atoms with van der Waals surface area (Å²) in [6.07, 6.45) is 10.1. The summed E-state index contributed by atoms with van der Waals surface area (Å²) in [5.74, 6) is 0.998. The average Bonchev–Trinajstić information content (AvgIpc) is 2.72. The van der Waals surface area contributed by atoms with Gasteiger partial charge in [-0.15, -0.1) is 0 Å². The molecule has 2 saturated heterocycles. The van der Waals surface area contributed by atoms with E-state index in [1.165, 1.54) is 58.0 Å². The first-order valence-corrected chi connectivity index (χ1v) is 6.27. The zero-order valence-corrected chi connectivity index (χ0v) is 9.13. The predicted molar refractivity (Wildman–Crippen MR) is 58.4 cm³/mol. The minimum atomic E-state index is 0.608. The lowest BCUT2D eigenvalue weighted by atomic mass is 9.92. The van der Waals surface area contributed by atoms with Crippen LogP contribution in [0.1, 0.15) is 44.9 Å². The van der Waals surface area contributed by atoms with Crippen molar-refractivity contribution in [2.24, 2.45) is 5.92 Å². The molecule has 0 aromatic carbocycles. The maximum atomic E-state index is 5.63. The van der Waals surface area contributed by atoms with Gasteiger partial charge in [0.1, 0.15) is 0 Å². The van der Waals surface area contributed by atoms with Crippen LogP contribution in [0.2, 0.25) is 0 Å². The summed E-state index contributed by atoms with van der Waals surface area (Å²) in [5.41, 5.74) is 0. The van der Waals surface area contributed by atoms with Crippen LogP contribution in [0.4, 0.5) is 0 Å². The van der Waals surface area contributed by atoms with Gasteiger partial charge in [-0.3, -0.25) is 0 Å². The van der Waals surface area contributed by atoms with E-state index in [2.05, 4.69) is 5.32 Å². The van der Waals surface area contributed by atoms with E-state index in [-0.39, 0.29) is 0 Å². The van der Waals surface area contributed by atoms with E-state index < -0.39 is 0 Å². The third-order valence-corrected chi connectivity index (χ3v) is 3.62. The van der Waals surface area contributed by atoms with E-state index in [4.69, 9.17) is 4.74 Å². The fourth-order valence-corrected chi connectivity index (χ4v) is 2.68. The molecule has 0 bridgehead atoms. The van der Waals surface area contributed by atoms with Crippen LogP contribution in [-0.4, -0.2) is 25.8 Å². The Kier molecular flexibility index (Phi) is 4.26. The number of nitrogens with one attached hydrogen (secondary N) is 1. The molecule has 82 valence electrons. The third kappa shape index (κ3) is 3.25. The van der Waals surface area contributed by atoms with Crippen molar-refractivity contribution in [3.8, 4) is 0 Å². The molecule has 2 aliphatic heterocycles. The molecule has 1 N–H and O–H groups in total. The Morgan fingerprint density at radius 2 is 1.93 bits per heavy atom. The molecule has 14 heavy (non-hydrogen) atoms. The number of hydrogen-bond acceptors (Lipinski definition) is 2. The minimum absolute atomic E-state index is 0.608. The molecule has 0 aromatic rings. The molecule has 0 radical (unpaired) electrons. The molecule has 0 aromatic heterocycles. The summed E-state index contributed by atoms with van der Waals surface area (Å²) in [4.78, 5) is 0. The van der Waals surface area contributed by atoms with Crippen molar-refractivity contribution in [1.82, 2.24) is 5.32 Å². The quantitative estimate of drug-likeness (QED) is 0.747. The monoisotopic (exact) mass is 197 g/mol. The molecule has 2 heteroatoms. The highest BCUT2D eigenvalue weighted by atomic mass is 16.5. The van der Waals surface area contributed by atoms with Gasteiger partial charge in [0.25, 0.3) is 0 Å². The highest BCUT2D eigenvalue weighted by Gasteiger charge is 2.17. The Morgan fingerprint density at radius 3 is 2.64 bits per heavy atom. The zero-order valence-electron chi connectivity index (χ0n) is 9.13. The van der Waals surface area contributed by atoms with Crippen LogP contribution in [-0.2, 0) is 4.74 Å². The normalized spacial score (nSPS) is 29.6. The number of hydrogen-bond donors (Lipinski definition) is 1. The summed E-state index contributed by atoms with van der Waals surface area (Å²) in [5, 5.41) is 3.42. The van der Waals surface area contributed by atoms with Gasteiger partial charge in [-0.05, 0) is 51.1 Å². The highest BCUT2D eigenvalue weighted by Crippen LogP contribution is 2.22. The van der Waals surface area contributed by atoms with Crippen molar-refractivity contribution in [2.75, 3.05) is 19.7 Å². The molecule has 1 atom stereocenters. The molecule has 0 spiro atoms. The molecule has 2 heterocycles. The Labute approximate surface area is 87.4 Å². The van der Waals surface area contributed by atoms with Crippen LogP contribution in [0.5, 0.6) is 0 Å². The molecule has 2 rings (SSSR count). The second-order valence-electron chi connectivity index (χ2n) is 4.76. The summed E-state index contributed by atoms with van der Waals surface area (Å²) in [7, 11) is 0. The second-order valence-corrected chi connectivity index (χ2v) is 4.76. The van der Waals surface area contributed by atoms with Crippen LogP contribution in [0.3, 0.4) is 0 Å². The largest absolute Gasteiger partial charge is 0.378 e. The van der Waals surface area contributed by atoms with Crippen LogP contribution in [0.25, 0.3) is 0 Å². The molecule has 1 unspecified atom stereocenters. The van der Waals surface area contributed by atoms with Crippen LogP contribution in [0, 0.1) is 5.92 Å². The lowest BCUT2D eigenvalue weighted by Gasteiger charge is -2.22. The number of ether oxygens (including phenoxy) is 1. The number of piperidine rings is 1. The molecule has 2 nitrogen and oxygen atoms in total. The maximum absolute atomic E-state index is 5.63. The van der Waals surface area contributed by atoms with E-state index in [0.717, 1.165) is 12.5 Å². The molecule has 2 aliphatic rings. The van der Waals surface area contributed by atoms with Gasteiger partial charge in [-0.1, -0.05) is 12.8 Å². The Balaban J connectivity index is 1.52. The molecule has 0 aliphatic carbocycles. The average molecular weight is 197 g/mol. The second kappa shape index (κ2) is 5.72. The van der Waals surface area contributed by atoms with Gasteiger partial charge in [0.15, 0.2) is 0 Å². The van der Waals surface area contributed by atoms with Crippen molar-refractivity contribution in [2.45, 2.75) is 51.0 Å². The molecule has 0 saturated carbocycles. The van der Waals surface area contributed by atoms with Gasteiger partial charge in [0, 0.05) is 6.61 Å². The minimum Gasteiger partial charge on any atom is -0.378 e. The fraction of sp³-hybridized carbons (Fsp3) is 1.00. The van der Waals surface area contributed by atoms with E-state index >= 15 is 0 Å². The summed E-state index contributed by atoms with van der Waals surface area (Å²) >= 11 is 0. The number of rotatable bonds is 4. The predicted octanol–water partition coefficient (Wildman–Crippen LogP) is 2.34. The van der Waals surface area contributed by atoms with Crippen molar-refractivity contribution in [3.63, 3.8) is 0 Å². The highest BCUT2D eigenvalue weighted by molar-refractivity contribution is 4.70. The zero-order chi connectivity index (χ0) is 9.64. The lowest BCUT2D eigenvalue weighted by molar-refractivity contribution is 0.100. The van der Waals surface area contributed by atoms with Crippen molar-refractivity contribution in [1.29, 1.82) is 0 Å². The molecule has 0 amide bonds. The van der Waals surface area contributed by atoms with Crippen molar-refractivity contribution in [3.05, 3.63) is 0 Å². The summed E-state index contributed by atoms with van der Waals surface area (Å²) < 4.78 is 5.63. The first kappa shape index (κ1) is 10.4. The van der Waals surface area contributed by atoms with E-state index in [9.17, 15) is 0 Å². The van der Waals surface area contributed by atoms with Crippen molar-refractivity contribution < 1.29 is 4.74 Å². The van der Waals surface area contributed by atoms with Crippen LogP contribution in [0.15, 0.2) is 0 Å². The summed E-state index contributed by atoms with van der Waals surface area (Å²) in [6.45, 7) is 3.49. The van der Waals surface area contributed by atoms with Crippen LogP contribution >= 0.6 is 0 Å². The first-order chi connectivity index (χ1) is 6.95. The van der Waals surface area contributed by atoms with Gasteiger partial charge >= 0.3 is 0 Å². The van der Waals surface area contributed by atoms with Crippen molar-refractivity contribution >= 4 is 0 Å². The Hall–Kier alpha value is -0.0800. The van der Waals surface area contributed by atoms with Gasteiger partial charge in [-0.2, -0.15) is 0 Å². The fourth-order valence-electron chi connectivity index (χ4n) is 2.68. The smallest absolute Gasteiger partial charge is 0.0576 e. The maximum Gasteiger partial charge on any atom is 0.0576 e. The van der Waals surface area contributed by atoms with E-state index in [0.29, 0.717) is 6.10 Å². The standard InChI is InChI=1S/C12H23NO/c1(4-12-5-2-10-14-12)3-11-6-8-13-9-7-11/h11-13H,1-10H2. The molecular formula is C12H23NO. The molecule has 2 fully saturated rings. The summed E-state index contributed by atoms with van der Waals surface area (Å²) in [6, 6.07) is 0. The van der Waals surface area contributed by atoms with E-state index in [1.54, 1.807) is 0 Å². The Bertz CT molecular complexity index is 148.